The first-order valence-corrected chi connectivity index (χ1v) is 14.8. The van der Waals surface area contributed by atoms with Crippen molar-refractivity contribution in [2.45, 2.75) is 53.4 Å². The van der Waals surface area contributed by atoms with Gasteiger partial charge in [-0.3, -0.25) is 9.55 Å². The first kappa shape index (κ1) is 26.2. The second-order valence-electron chi connectivity index (χ2n) is 12.0. The summed E-state index contributed by atoms with van der Waals surface area (Å²) in [6.07, 6.45) is 3.77. The number of hydrogen-bond donors (Lipinski definition) is 0. The van der Waals surface area contributed by atoms with Gasteiger partial charge in [0.2, 0.25) is 0 Å². The third-order valence-electron chi connectivity index (χ3n) is 8.43. The molecule has 0 atom stereocenters. The van der Waals surface area contributed by atoms with Crippen LogP contribution in [-0.4, -0.2) is 14.5 Å². The van der Waals surface area contributed by atoms with Crippen LogP contribution in [0.15, 0.2) is 95.7 Å². The quantitative estimate of drug-likeness (QED) is 0.214. The van der Waals surface area contributed by atoms with Crippen LogP contribution in [-0.2, 0) is 0 Å². The molecule has 0 aliphatic rings. The predicted octanol–water partition coefficient (Wildman–Crippen LogP) is 10.5. The maximum Gasteiger partial charge on any atom is 0.149 e. The molecule has 208 valence electrons. The molecule has 7 aromatic rings. The van der Waals surface area contributed by atoms with E-state index >= 15 is 0 Å². The zero-order valence-corrected chi connectivity index (χ0v) is 25.1. The van der Waals surface area contributed by atoms with E-state index in [0.29, 0.717) is 0 Å². The fourth-order valence-corrected chi connectivity index (χ4v) is 6.28. The normalized spacial score (nSPS) is 12.0. The molecular formula is C38H35N3O. The van der Waals surface area contributed by atoms with E-state index in [-0.39, 0.29) is 11.8 Å². The average molecular weight is 550 g/mol. The zero-order chi connectivity index (χ0) is 29.1. The van der Waals surface area contributed by atoms with Gasteiger partial charge in [0.05, 0.1) is 28.5 Å². The van der Waals surface area contributed by atoms with Gasteiger partial charge in [-0.05, 0) is 89.4 Å². The van der Waals surface area contributed by atoms with Crippen molar-refractivity contribution in [3.8, 4) is 28.2 Å². The van der Waals surface area contributed by atoms with Gasteiger partial charge in [-0.2, -0.15) is 0 Å². The molecule has 0 bridgehead atoms. The highest BCUT2D eigenvalue weighted by Gasteiger charge is 2.26. The zero-order valence-electron chi connectivity index (χ0n) is 25.1. The molecular weight excluding hydrogens is 514 g/mol. The van der Waals surface area contributed by atoms with E-state index in [1.54, 1.807) is 0 Å². The largest absolute Gasteiger partial charge is 0.455 e. The molecule has 0 spiro atoms. The van der Waals surface area contributed by atoms with Crippen LogP contribution in [0.4, 0.5) is 0 Å². The molecule has 0 radical (unpaired) electrons. The molecule has 4 heteroatoms. The number of rotatable bonds is 5. The number of nitrogens with zero attached hydrogens (tertiary/aromatic N) is 3. The van der Waals surface area contributed by atoms with E-state index in [4.69, 9.17) is 9.40 Å². The van der Waals surface area contributed by atoms with Crippen LogP contribution >= 0.6 is 0 Å². The number of pyridine rings is 1. The monoisotopic (exact) mass is 549 g/mol. The molecule has 0 saturated carbocycles. The van der Waals surface area contributed by atoms with Gasteiger partial charge >= 0.3 is 0 Å². The van der Waals surface area contributed by atoms with Crippen LogP contribution in [0.2, 0.25) is 0 Å². The molecule has 0 unspecified atom stereocenters. The number of furan rings is 1. The van der Waals surface area contributed by atoms with Gasteiger partial charge in [-0.25, -0.2) is 4.98 Å². The minimum atomic E-state index is 0.287. The smallest absolute Gasteiger partial charge is 0.149 e. The van der Waals surface area contributed by atoms with Crippen molar-refractivity contribution in [3.05, 3.63) is 114 Å². The SMILES string of the molecule is Cc1ccc2c(c1)oc1c(-c3nc4ccncc4n3-c3c(C(C)C)cc(-c4ccccc4)cc3C(C)C)ccc(C)c12. The predicted molar refractivity (Wildman–Crippen MR) is 175 cm³/mol. The van der Waals surface area contributed by atoms with Crippen LogP contribution in [0.25, 0.3) is 61.2 Å². The van der Waals surface area contributed by atoms with E-state index in [9.17, 15) is 0 Å². The maximum atomic E-state index is 6.65. The molecule has 0 N–H and O–H groups in total. The molecule has 4 nitrogen and oxygen atoms in total. The molecule has 3 aromatic heterocycles. The number of fused-ring (bicyclic) bond motifs is 4. The summed E-state index contributed by atoms with van der Waals surface area (Å²) < 4.78 is 8.99. The van der Waals surface area contributed by atoms with Gasteiger partial charge in [-0.15, -0.1) is 0 Å². The summed E-state index contributed by atoms with van der Waals surface area (Å²) in [5, 5.41) is 2.28. The Balaban J connectivity index is 1.60. The summed E-state index contributed by atoms with van der Waals surface area (Å²) in [5.74, 6) is 1.45. The van der Waals surface area contributed by atoms with Crippen molar-refractivity contribution in [1.29, 1.82) is 0 Å². The molecule has 0 fully saturated rings. The van der Waals surface area contributed by atoms with Crippen LogP contribution in [0, 0.1) is 13.8 Å². The van der Waals surface area contributed by atoms with Crippen LogP contribution in [0.5, 0.6) is 0 Å². The number of hydrogen-bond acceptors (Lipinski definition) is 3. The van der Waals surface area contributed by atoms with Gasteiger partial charge in [-0.1, -0.05) is 76.2 Å². The lowest BCUT2D eigenvalue weighted by molar-refractivity contribution is 0.669. The summed E-state index contributed by atoms with van der Waals surface area (Å²) >= 11 is 0. The third-order valence-corrected chi connectivity index (χ3v) is 8.43. The Morgan fingerprint density at radius 3 is 2.21 bits per heavy atom. The Labute approximate surface area is 246 Å². The maximum absolute atomic E-state index is 6.65. The van der Waals surface area contributed by atoms with Crippen molar-refractivity contribution in [1.82, 2.24) is 14.5 Å². The number of aryl methyl sites for hydroxylation is 2. The summed E-state index contributed by atoms with van der Waals surface area (Å²) in [6.45, 7) is 13.4. The second-order valence-corrected chi connectivity index (χ2v) is 12.0. The highest BCUT2D eigenvalue weighted by Crippen LogP contribution is 2.43. The van der Waals surface area contributed by atoms with Gasteiger partial charge in [0.1, 0.15) is 17.0 Å². The topological polar surface area (TPSA) is 43.9 Å². The van der Waals surface area contributed by atoms with Gasteiger partial charge in [0, 0.05) is 17.0 Å². The van der Waals surface area contributed by atoms with E-state index in [1.165, 1.54) is 39.1 Å². The summed E-state index contributed by atoms with van der Waals surface area (Å²) in [4.78, 5) is 9.83. The van der Waals surface area contributed by atoms with Crippen molar-refractivity contribution in [2.24, 2.45) is 0 Å². The summed E-state index contributed by atoms with van der Waals surface area (Å²) in [5.41, 5.74) is 13.3. The van der Waals surface area contributed by atoms with Crippen molar-refractivity contribution in [3.63, 3.8) is 0 Å². The molecule has 42 heavy (non-hydrogen) atoms. The van der Waals surface area contributed by atoms with Crippen LogP contribution in [0.3, 0.4) is 0 Å². The fourth-order valence-electron chi connectivity index (χ4n) is 6.28. The van der Waals surface area contributed by atoms with Gasteiger partial charge in [0.25, 0.3) is 0 Å². The molecule has 0 saturated heterocycles. The van der Waals surface area contributed by atoms with E-state index < -0.39 is 0 Å². The number of benzene rings is 4. The highest BCUT2D eigenvalue weighted by molar-refractivity contribution is 6.11. The molecule has 7 rings (SSSR count). The average Bonchev–Trinajstić information content (AvgIpc) is 3.56. The van der Waals surface area contributed by atoms with E-state index in [2.05, 4.69) is 124 Å². The van der Waals surface area contributed by atoms with Crippen molar-refractivity contribution >= 4 is 33.0 Å². The van der Waals surface area contributed by atoms with Crippen molar-refractivity contribution in [2.75, 3.05) is 0 Å². The molecule has 3 heterocycles. The van der Waals surface area contributed by atoms with Crippen LogP contribution < -0.4 is 0 Å². The minimum Gasteiger partial charge on any atom is -0.455 e. The minimum absolute atomic E-state index is 0.287. The van der Waals surface area contributed by atoms with Gasteiger partial charge < -0.3 is 4.42 Å². The van der Waals surface area contributed by atoms with Gasteiger partial charge in [0.15, 0.2) is 0 Å². The highest BCUT2D eigenvalue weighted by atomic mass is 16.3. The fraction of sp³-hybridized carbons (Fsp3) is 0.211. The summed E-state index contributed by atoms with van der Waals surface area (Å²) in [6, 6.07) is 28.2. The molecule has 4 aromatic carbocycles. The van der Waals surface area contributed by atoms with Crippen molar-refractivity contribution < 1.29 is 4.42 Å². The standard InChI is InChI=1S/C38H35N3O/c1-22(2)30-19-27(26-10-8-7-9-11-26)20-31(23(3)4)36(30)41-33-21-39-17-16-32(33)40-38(41)29-15-13-25(6)35-28-14-12-24(5)18-34(28)42-37(29)35/h7-23H,1-6H3. The lowest BCUT2D eigenvalue weighted by Gasteiger charge is -2.24. The number of aromatic nitrogens is 3. The van der Waals surface area contributed by atoms with Crippen LogP contribution in [0.1, 0.15) is 61.8 Å². The lowest BCUT2D eigenvalue weighted by Crippen LogP contribution is -2.09. The first-order valence-electron chi connectivity index (χ1n) is 14.8. The van der Waals surface area contributed by atoms with E-state index in [0.717, 1.165) is 44.4 Å². The molecule has 0 aliphatic carbocycles. The Morgan fingerprint density at radius 1 is 0.762 bits per heavy atom. The Kier molecular flexibility index (Phi) is 6.23. The molecule has 0 amide bonds. The van der Waals surface area contributed by atoms with E-state index in [1.807, 2.05) is 18.5 Å². The Hall–Kier alpha value is -4.70. The third kappa shape index (κ3) is 4.13. The molecule has 0 aliphatic heterocycles. The Morgan fingerprint density at radius 2 is 1.50 bits per heavy atom. The Bertz CT molecular complexity index is 2080. The first-order chi connectivity index (χ1) is 20.3. The lowest BCUT2D eigenvalue weighted by atomic mass is 9.88. The summed E-state index contributed by atoms with van der Waals surface area (Å²) in [7, 11) is 0. The second kappa shape index (κ2) is 9.99. The number of imidazole rings is 1.